The number of aromatic amines is 2. The third-order valence-electron chi connectivity index (χ3n) is 4.94. The molecule has 0 bridgehead atoms. The number of hydrogen-bond acceptors (Lipinski definition) is 5. The predicted octanol–water partition coefficient (Wildman–Crippen LogP) is 2.09. The second kappa shape index (κ2) is 8.73. The van der Waals surface area contributed by atoms with Gasteiger partial charge in [-0.3, -0.25) is 9.88 Å². The molecule has 1 saturated heterocycles. The van der Waals surface area contributed by atoms with Crippen LogP contribution in [0.5, 0.6) is 0 Å². The quantitative estimate of drug-likeness (QED) is 0.673. The van der Waals surface area contributed by atoms with Crippen molar-refractivity contribution in [1.82, 2.24) is 14.9 Å². The molecule has 0 saturated carbocycles. The fourth-order valence-corrected chi connectivity index (χ4v) is 3.37. The number of nitrogens with zero attached hydrogens (tertiary/aromatic N) is 1. The summed E-state index contributed by atoms with van der Waals surface area (Å²) in [5.74, 6) is -0.533. The van der Waals surface area contributed by atoms with Crippen molar-refractivity contribution in [1.29, 1.82) is 0 Å². The first kappa shape index (κ1) is 21.2. The highest BCUT2D eigenvalue weighted by Gasteiger charge is 2.34. The van der Waals surface area contributed by atoms with E-state index < -0.39 is 17.3 Å². The number of benzene rings is 1. The van der Waals surface area contributed by atoms with Gasteiger partial charge in [0, 0.05) is 19.6 Å². The van der Waals surface area contributed by atoms with Crippen LogP contribution in [-0.2, 0) is 16.9 Å². The number of likely N-dealkylation sites (tertiary alicyclic amines) is 1. The van der Waals surface area contributed by atoms with Gasteiger partial charge in [0.15, 0.2) is 0 Å². The number of H-pyrrole nitrogens is 2. The largest absolute Gasteiger partial charge is 0.461 e. The van der Waals surface area contributed by atoms with Crippen LogP contribution < -0.4 is 5.69 Å². The number of aromatic nitrogens is 2. The van der Waals surface area contributed by atoms with Crippen LogP contribution in [0, 0.1) is 6.92 Å². The molecule has 2 heterocycles. The number of carbonyl (C=O) groups is 1. The molecule has 2 aromatic rings. The van der Waals surface area contributed by atoms with Gasteiger partial charge < -0.3 is 14.8 Å². The molecule has 0 radical (unpaired) electrons. The standard InChI is InChI=1S/C19H25N3O4.ClH/c1-3-26-17(23)16-15(20-18(24)21-16)12-22-10-8-19(25,9-11-22)14-6-4-13(2)5-7-14;/h4-7,25H,3,8-12H2,1-2H3,(H2,20,21,24);1H. The lowest BCUT2D eigenvalue weighted by molar-refractivity contribution is -0.0280. The average molecular weight is 396 g/mol. The number of ether oxygens (including phenoxy) is 1. The Morgan fingerprint density at radius 3 is 2.44 bits per heavy atom. The van der Waals surface area contributed by atoms with Gasteiger partial charge in [-0.05, 0) is 32.3 Å². The van der Waals surface area contributed by atoms with Crippen LogP contribution in [0.25, 0.3) is 0 Å². The number of aliphatic hydroxyl groups is 1. The van der Waals surface area contributed by atoms with Crippen molar-refractivity contribution in [2.45, 2.75) is 38.8 Å². The van der Waals surface area contributed by atoms with E-state index in [-0.39, 0.29) is 24.7 Å². The van der Waals surface area contributed by atoms with E-state index in [4.69, 9.17) is 4.74 Å². The lowest BCUT2D eigenvalue weighted by Gasteiger charge is -2.38. The van der Waals surface area contributed by atoms with E-state index in [9.17, 15) is 14.7 Å². The van der Waals surface area contributed by atoms with Gasteiger partial charge in [-0.1, -0.05) is 29.8 Å². The van der Waals surface area contributed by atoms with E-state index in [1.165, 1.54) is 0 Å². The van der Waals surface area contributed by atoms with Crippen LogP contribution >= 0.6 is 12.4 Å². The molecule has 3 rings (SSSR count). The van der Waals surface area contributed by atoms with E-state index >= 15 is 0 Å². The van der Waals surface area contributed by atoms with Crippen molar-refractivity contribution in [3.63, 3.8) is 0 Å². The Kier molecular flexibility index (Phi) is 6.86. The van der Waals surface area contributed by atoms with Crippen molar-refractivity contribution in [2.24, 2.45) is 0 Å². The summed E-state index contributed by atoms with van der Waals surface area (Å²) in [6, 6.07) is 7.98. The van der Waals surface area contributed by atoms with E-state index in [0.717, 1.165) is 11.1 Å². The van der Waals surface area contributed by atoms with Crippen molar-refractivity contribution in [3.8, 4) is 0 Å². The summed E-state index contributed by atoms with van der Waals surface area (Å²) >= 11 is 0. The monoisotopic (exact) mass is 395 g/mol. The first-order valence-electron chi connectivity index (χ1n) is 8.91. The Balaban J connectivity index is 0.00000261. The highest BCUT2D eigenvalue weighted by atomic mass is 35.5. The van der Waals surface area contributed by atoms with Crippen molar-refractivity contribution < 1.29 is 14.6 Å². The van der Waals surface area contributed by atoms with Gasteiger partial charge in [-0.15, -0.1) is 12.4 Å². The predicted molar refractivity (Wildman–Crippen MR) is 104 cm³/mol. The lowest BCUT2D eigenvalue weighted by Crippen LogP contribution is -2.42. The second-order valence-electron chi connectivity index (χ2n) is 6.83. The van der Waals surface area contributed by atoms with Gasteiger partial charge in [-0.25, -0.2) is 9.59 Å². The molecule has 0 spiro atoms. The summed E-state index contributed by atoms with van der Waals surface area (Å²) in [4.78, 5) is 30.9. The number of halogens is 1. The van der Waals surface area contributed by atoms with Crippen LogP contribution in [0.1, 0.15) is 47.1 Å². The maximum Gasteiger partial charge on any atom is 0.356 e. The highest BCUT2D eigenvalue weighted by molar-refractivity contribution is 5.88. The number of aryl methyl sites for hydroxylation is 1. The normalized spacial score (nSPS) is 16.6. The molecule has 1 aliphatic heterocycles. The van der Waals surface area contributed by atoms with Gasteiger partial charge in [-0.2, -0.15) is 0 Å². The molecule has 7 nitrogen and oxygen atoms in total. The number of imidazole rings is 1. The SMILES string of the molecule is CCOC(=O)c1[nH]c(=O)[nH]c1CN1CCC(O)(c2ccc(C)cc2)CC1.Cl. The third-order valence-corrected chi connectivity index (χ3v) is 4.94. The fraction of sp³-hybridized carbons (Fsp3) is 0.474. The maximum absolute atomic E-state index is 12.0. The lowest BCUT2D eigenvalue weighted by atomic mass is 9.84. The molecule has 148 valence electrons. The molecule has 3 N–H and O–H groups in total. The third kappa shape index (κ3) is 4.80. The minimum atomic E-state index is -0.834. The zero-order valence-electron chi connectivity index (χ0n) is 15.6. The summed E-state index contributed by atoms with van der Waals surface area (Å²) < 4.78 is 4.98. The molecule has 0 amide bonds. The van der Waals surface area contributed by atoms with Crippen LogP contribution in [0.2, 0.25) is 0 Å². The minimum absolute atomic E-state index is 0. The smallest absolute Gasteiger partial charge is 0.356 e. The Morgan fingerprint density at radius 2 is 1.85 bits per heavy atom. The number of esters is 1. The Morgan fingerprint density at radius 1 is 1.22 bits per heavy atom. The molecule has 0 atom stereocenters. The minimum Gasteiger partial charge on any atom is -0.461 e. The van der Waals surface area contributed by atoms with Gasteiger partial charge >= 0.3 is 11.7 Å². The summed E-state index contributed by atoms with van der Waals surface area (Å²) in [6.45, 7) is 5.75. The number of piperidine rings is 1. The number of rotatable bonds is 5. The second-order valence-corrected chi connectivity index (χ2v) is 6.83. The Hall–Kier alpha value is -2.09. The van der Waals surface area contributed by atoms with Gasteiger partial charge in [0.2, 0.25) is 0 Å². The molecule has 8 heteroatoms. The highest BCUT2D eigenvalue weighted by Crippen LogP contribution is 2.33. The zero-order chi connectivity index (χ0) is 18.7. The van der Waals surface area contributed by atoms with Gasteiger partial charge in [0.25, 0.3) is 0 Å². The van der Waals surface area contributed by atoms with Gasteiger partial charge in [0.05, 0.1) is 17.9 Å². The molecule has 1 aliphatic rings. The number of carbonyl (C=O) groups excluding carboxylic acids is 1. The van der Waals surface area contributed by atoms with E-state index in [1.807, 2.05) is 31.2 Å². The molecule has 1 aromatic heterocycles. The van der Waals surface area contributed by atoms with Crippen LogP contribution in [0.4, 0.5) is 0 Å². The Bertz CT molecular complexity index is 820. The van der Waals surface area contributed by atoms with Crippen LogP contribution in [0.15, 0.2) is 29.1 Å². The maximum atomic E-state index is 12.0. The first-order chi connectivity index (χ1) is 12.4. The fourth-order valence-electron chi connectivity index (χ4n) is 3.37. The Labute approximate surface area is 164 Å². The van der Waals surface area contributed by atoms with Crippen molar-refractivity contribution in [3.05, 3.63) is 57.3 Å². The average Bonchev–Trinajstić information content (AvgIpc) is 2.98. The topological polar surface area (TPSA) is 98.4 Å². The van der Waals surface area contributed by atoms with Crippen molar-refractivity contribution >= 4 is 18.4 Å². The molecule has 1 aromatic carbocycles. The van der Waals surface area contributed by atoms with Gasteiger partial charge in [0.1, 0.15) is 5.69 Å². The van der Waals surface area contributed by atoms with Crippen LogP contribution in [-0.4, -0.2) is 45.6 Å². The molecule has 0 aliphatic carbocycles. The van der Waals surface area contributed by atoms with E-state index in [0.29, 0.717) is 38.2 Å². The van der Waals surface area contributed by atoms with Crippen LogP contribution in [0.3, 0.4) is 0 Å². The molecule has 1 fully saturated rings. The summed E-state index contributed by atoms with van der Waals surface area (Å²) in [5.41, 5.74) is 1.55. The molecule has 27 heavy (non-hydrogen) atoms. The molecular weight excluding hydrogens is 370 g/mol. The zero-order valence-corrected chi connectivity index (χ0v) is 16.4. The summed E-state index contributed by atoms with van der Waals surface area (Å²) in [7, 11) is 0. The molecule has 0 unspecified atom stereocenters. The number of hydrogen-bond donors (Lipinski definition) is 3. The summed E-state index contributed by atoms with van der Waals surface area (Å²) in [5, 5.41) is 11.0. The van der Waals surface area contributed by atoms with Crippen molar-refractivity contribution in [2.75, 3.05) is 19.7 Å². The first-order valence-corrected chi connectivity index (χ1v) is 8.91. The molecular formula is C19H26ClN3O4. The summed E-state index contributed by atoms with van der Waals surface area (Å²) in [6.07, 6.45) is 1.19. The van der Waals surface area contributed by atoms with E-state index in [1.54, 1.807) is 6.92 Å². The van der Waals surface area contributed by atoms with E-state index in [2.05, 4.69) is 14.9 Å². The number of nitrogens with one attached hydrogen (secondary N) is 2.